The summed E-state index contributed by atoms with van der Waals surface area (Å²) < 4.78 is 52.2. The van der Waals surface area contributed by atoms with E-state index in [1.54, 1.807) is 24.3 Å². The Bertz CT molecular complexity index is 1170. The molecule has 0 saturated carbocycles. The van der Waals surface area contributed by atoms with Crippen LogP contribution in [0.3, 0.4) is 0 Å². The Kier molecular flexibility index (Phi) is 4.59. The van der Waals surface area contributed by atoms with Gasteiger partial charge in [-0.2, -0.15) is 13.2 Å². The number of rotatable bonds is 2. The first-order valence-corrected chi connectivity index (χ1v) is 9.44. The van der Waals surface area contributed by atoms with Gasteiger partial charge in [0.05, 0.1) is 16.8 Å². The lowest BCUT2D eigenvalue weighted by molar-refractivity contribution is -0.137. The fourth-order valence-corrected chi connectivity index (χ4v) is 3.30. The van der Waals surface area contributed by atoms with Gasteiger partial charge in [0, 0.05) is 17.8 Å². The summed E-state index contributed by atoms with van der Waals surface area (Å²) in [6, 6.07) is 8.53. The predicted molar refractivity (Wildman–Crippen MR) is 108 cm³/mol. The summed E-state index contributed by atoms with van der Waals surface area (Å²) in [5.74, 6) is -0.0910. The first-order valence-electron chi connectivity index (χ1n) is 9.44. The molecule has 0 radical (unpaired) electrons. The van der Waals surface area contributed by atoms with E-state index < -0.39 is 35.6 Å². The quantitative estimate of drug-likeness (QED) is 0.598. The fraction of sp³-hybridized carbons (Fsp3) is 0.333. The van der Waals surface area contributed by atoms with Gasteiger partial charge in [0.25, 0.3) is 5.56 Å². The second-order valence-corrected chi connectivity index (χ2v) is 8.33. The van der Waals surface area contributed by atoms with E-state index >= 15 is 0 Å². The standard InChI is InChI=1S/C21H20BF3N2O3/c1-19(2)20(3,4)30-22(29-19)15-5-6-16-13(11-15)8-10-27(18(16)28)17-12-14(7-9-26-17)21(23,24)25/h5-12H,1-4H3. The number of nitrogens with zero attached hydrogens (tertiary/aromatic N) is 2. The van der Waals surface area contributed by atoms with Crippen molar-refractivity contribution in [3.8, 4) is 5.82 Å². The van der Waals surface area contributed by atoms with E-state index in [1.807, 2.05) is 27.7 Å². The molecule has 3 heterocycles. The number of aromatic nitrogens is 2. The smallest absolute Gasteiger partial charge is 0.399 e. The highest BCUT2D eigenvalue weighted by molar-refractivity contribution is 6.62. The molecule has 0 atom stereocenters. The van der Waals surface area contributed by atoms with Crippen molar-refractivity contribution in [2.75, 3.05) is 0 Å². The van der Waals surface area contributed by atoms with Crippen LogP contribution in [0.2, 0.25) is 0 Å². The van der Waals surface area contributed by atoms with E-state index in [4.69, 9.17) is 9.31 Å². The SMILES string of the molecule is CC1(C)OB(c2ccc3c(=O)n(-c4cc(C(F)(F)F)ccn4)ccc3c2)OC1(C)C. The number of fused-ring (bicyclic) bond motifs is 1. The van der Waals surface area contributed by atoms with Crippen LogP contribution in [0, 0.1) is 0 Å². The molecule has 2 aromatic heterocycles. The minimum absolute atomic E-state index is 0.0910. The molecule has 0 amide bonds. The average Bonchev–Trinajstić information content (AvgIpc) is 2.88. The Balaban J connectivity index is 1.74. The number of hydrogen-bond acceptors (Lipinski definition) is 4. The lowest BCUT2D eigenvalue weighted by Gasteiger charge is -2.32. The number of alkyl halides is 3. The number of benzene rings is 1. The van der Waals surface area contributed by atoms with Gasteiger partial charge in [-0.15, -0.1) is 0 Å². The van der Waals surface area contributed by atoms with E-state index in [0.717, 1.165) is 28.4 Å². The molecular formula is C21H20BF3N2O3. The highest BCUT2D eigenvalue weighted by Gasteiger charge is 2.51. The fourth-order valence-electron chi connectivity index (χ4n) is 3.30. The number of pyridine rings is 2. The molecule has 30 heavy (non-hydrogen) atoms. The van der Waals surface area contributed by atoms with E-state index in [0.29, 0.717) is 10.8 Å². The Hall–Kier alpha value is -2.65. The van der Waals surface area contributed by atoms with Crippen molar-refractivity contribution in [2.45, 2.75) is 45.1 Å². The first kappa shape index (κ1) is 20.6. The van der Waals surface area contributed by atoms with Crippen LogP contribution in [0.5, 0.6) is 0 Å². The molecule has 1 fully saturated rings. The highest BCUT2D eigenvalue weighted by atomic mass is 19.4. The normalized spacial score (nSPS) is 18.2. The molecule has 4 rings (SSSR count). The third kappa shape index (κ3) is 3.42. The Morgan fingerprint density at radius 3 is 2.30 bits per heavy atom. The van der Waals surface area contributed by atoms with Gasteiger partial charge in [0.2, 0.25) is 0 Å². The van der Waals surface area contributed by atoms with Crippen molar-refractivity contribution in [1.29, 1.82) is 0 Å². The van der Waals surface area contributed by atoms with Crippen LogP contribution in [0.1, 0.15) is 33.3 Å². The molecule has 1 aromatic carbocycles. The Morgan fingerprint density at radius 1 is 1.00 bits per heavy atom. The molecule has 3 aromatic rings. The highest BCUT2D eigenvalue weighted by Crippen LogP contribution is 2.36. The minimum Gasteiger partial charge on any atom is -0.399 e. The van der Waals surface area contributed by atoms with Crippen molar-refractivity contribution in [1.82, 2.24) is 9.55 Å². The van der Waals surface area contributed by atoms with Gasteiger partial charge in [0.1, 0.15) is 5.82 Å². The van der Waals surface area contributed by atoms with Gasteiger partial charge in [-0.25, -0.2) is 4.98 Å². The van der Waals surface area contributed by atoms with E-state index in [9.17, 15) is 18.0 Å². The summed E-state index contributed by atoms with van der Waals surface area (Å²) in [5.41, 5.74) is -1.55. The molecule has 1 saturated heterocycles. The third-order valence-corrected chi connectivity index (χ3v) is 5.77. The molecular weight excluding hydrogens is 396 g/mol. The third-order valence-electron chi connectivity index (χ3n) is 5.77. The van der Waals surface area contributed by atoms with Crippen LogP contribution in [0.25, 0.3) is 16.6 Å². The Morgan fingerprint density at radius 2 is 1.67 bits per heavy atom. The van der Waals surface area contributed by atoms with Gasteiger partial charge >= 0.3 is 13.3 Å². The van der Waals surface area contributed by atoms with Gasteiger partial charge < -0.3 is 9.31 Å². The predicted octanol–water partition coefficient (Wildman–Crippen LogP) is 3.70. The van der Waals surface area contributed by atoms with E-state index in [1.165, 1.54) is 6.20 Å². The Labute approximate surface area is 171 Å². The minimum atomic E-state index is -4.52. The summed E-state index contributed by atoms with van der Waals surface area (Å²) in [4.78, 5) is 16.8. The van der Waals surface area contributed by atoms with Crippen molar-refractivity contribution in [2.24, 2.45) is 0 Å². The zero-order valence-corrected chi connectivity index (χ0v) is 16.9. The van der Waals surface area contributed by atoms with Crippen LogP contribution in [-0.4, -0.2) is 27.9 Å². The van der Waals surface area contributed by atoms with Crippen LogP contribution >= 0.6 is 0 Å². The first-order chi connectivity index (χ1) is 13.9. The van der Waals surface area contributed by atoms with E-state index in [2.05, 4.69) is 4.98 Å². The van der Waals surface area contributed by atoms with Crippen molar-refractivity contribution in [3.05, 3.63) is 64.7 Å². The second kappa shape index (κ2) is 6.68. The molecule has 0 N–H and O–H groups in total. The van der Waals surface area contributed by atoms with Gasteiger partial charge in [-0.1, -0.05) is 12.1 Å². The summed E-state index contributed by atoms with van der Waals surface area (Å²) in [5, 5.41) is 0.993. The van der Waals surface area contributed by atoms with Crippen LogP contribution in [0.15, 0.2) is 53.6 Å². The van der Waals surface area contributed by atoms with Gasteiger partial charge in [-0.3, -0.25) is 9.36 Å². The monoisotopic (exact) mass is 416 g/mol. The maximum absolute atomic E-state index is 13.0. The van der Waals surface area contributed by atoms with Gasteiger partial charge in [0.15, 0.2) is 0 Å². The van der Waals surface area contributed by atoms with Gasteiger partial charge in [-0.05, 0) is 62.8 Å². The molecule has 0 spiro atoms. The number of hydrogen-bond donors (Lipinski definition) is 0. The van der Waals surface area contributed by atoms with Crippen LogP contribution in [-0.2, 0) is 15.5 Å². The van der Waals surface area contributed by atoms with Crippen molar-refractivity contribution in [3.63, 3.8) is 0 Å². The maximum atomic E-state index is 13.0. The zero-order valence-electron chi connectivity index (χ0n) is 16.9. The molecule has 1 aliphatic heterocycles. The largest absolute Gasteiger partial charge is 0.494 e. The molecule has 5 nitrogen and oxygen atoms in total. The summed E-state index contributed by atoms with van der Waals surface area (Å²) in [7, 11) is -0.577. The molecule has 0 aliphatic carbocycles. The van der Waals surface area contributed by atoms with E-state index in [-0.39, 0.29) is 5.82 Å². The maximum Gasteiger partial charge on any atom is 0.494 e. The average molecular weight is 416 g/mol. The van der Waals surface area contributed by atoms with Crippen molar-refractivity contribution < 1.29 is 22.5 Å². The molecule has 0 bridgehead atoms. The number of halogens is 3. The molecule has 1 aliphatic rings. The van der Waals surface area contributed by atoms with Crippen molar-refractivity contribution >= 4 is 23.4 Å². The van der Waals surface area contributed by atoms with Crippen LogP contribution in [0.4, 0.5) is 13.2 Å². The lowest BCUT2D eigenvalue weighted by Crippen LogP contribution is -2.41. The molecule has 9 heteroatoms. The topological polar surface area (TPSA) is 53.4 Å². The molecule has 0 unspecified atom stereocenters. The summed E-state index contributed by atoms with van der Waals surface area (Å²) in [6.45, 7) is 7.81. The summed E-state index contributed by atoms with van der Waals surface area (Å²) >= 11 is 0. The zero-order chi connectivity index (χ0) is 21.9. The second-order valence-electron chi connectivity index (χ2n) is 8.33. The summed E-state index contributed by atoms with van der Waals surface area (Å²) in [6.07, 6.45) is -2.06. The molecule has 156 valence electrons. The van der Waals surface area contributed by atoms with Crippen LogP contribution < -0.4 is 11.0 Å². The lowest BCUT2D eigenvalue weighted by atomic mass is 9.78.